The summed E-state index contributed by atoms with van der Waals surface area (Å²) in [5.41, 5.74) is 0.484. The van der Waals surface area contributed by atoms with E-state index < -0.39 is 0 Å². The summed E-state index contributed by atoms with van der Waals surface area (Å²) >= 11 is 0. The van der Waals surface area contributed by atoms with Gasteiger partial charge >= 0.3 is 5.97 Å². The molecule has 2 nitrogen and oxygen atoms in total. The Morgan fingerprint density at radius 1 is 1.18 bits per heavy atom. The number of rotatable bonds is 10. The highest BCUT2D eigenvalue weighted by Crippen LogP contribution is 2.15. The van der Waals surface area contributed by atoms with Gasteiger partial charge in [-0.2, -0.15) is 0 Å². The highest BCUT2D eigenvalue weighted by Gasteiger charge is 2.05. The van der Waals surface area contributed by atoms with Crippen LogP contribution in [0, 0.1) is 5.92 Å². The fourth-order valence-corrected chi connectivity index (χ4v) is 1.78. The van der Waals surface area contributed by atoms with Gasteiger partial charge in [0.25, 0.3) is 0 Å². The van der Waals surface area contributed by atoms with Crippen molar-refractivity contribution in [3.8, 4) is 0 Å². The Hall–Kier alpha value is -0.790. The van der Waals surface area contributed by atoms with E-state index in [0.717, 1.165) is 18.8 Å². The lowest BCUT2D eigenvalue weighted by Gasteiger charge is -2.11. The monoisotopic (exact) mass is 240 g/mol. The van der Waals surface area contributed by atoms with Crippen molar-refractivity contribution in [3.05, 3.63) is 12.2 Å². The maximum absolute atomic E-state index is 11.1. The van der Waals surface area contributed by atoms with Gasteiger partial charge in [-0.3, -0.25) is 0 Å². The van der Waals surface area contributed by atoms with Gasteiger partial charge in [0.05, 0.1) is 6.61 Å². The van der Waals surface area contributed by atoms with Crippen LogP contribution in [0.1, 0.15) is 65.7 Å². The maximum atomic E-state index is 11.1. The lowest BCUT2D eigenvalue weighted by atomic mass is 9.98. The van der Waals surface area contributed by atoms with Gasteiger partial charge in [0, 0.05) is 5.57 Å². The molecule has 0 aromatic carbocycles. The van der Waals surface area contributed by atoms with Crippen LogP contribution in [0.15, 0.2) is 12.2 Å². The van der Waals surface area contributed by atoms with Crippen molar-refractivity contribution in [1.82, 2.24) is 0 Å². The summed E-state index contributed by atoms with van der Waals surface area (Å²) in [5, 5.41) is 0. The van der Waals surface area contributed by atoms with Gasteiger partial charge in [0.15, 0.2) is 0 Å². The predicted octanol–water partition coefficient (Wildman–Crippen LogP) is 4.49. The predicted molar refractivity (Wildman–Crippen MR) is 72.9 cm³/mol. The molecule has 100 valence electrons. The Morgan fingerprint density at radius 2 is 1.82 bits per heavy atom. The standard InChI is InChI=1S/C15H28O2/c1-5-6-7-8-10-14(4)11-9-12-17-15(16)13(2)3/h14H,2,5-12H2,1,3-4H3. The van der Waals surface area contributed by atoms with Gasteiger partial charge in [-0.25, -0.2) is 4.79 Å². The van der Waals surface area contributed by atoms with Crippen molar-refractivity contribution in [2.24, 2.45) is 5.92 Å². The molecule has 0 saturated carbocycles. The quantitative estimate of drug-likeness (QED) is 0.319. The minimum Gasteiger partial charge on any atom is -0.462 e. The third-order valence-corrected chi connectivity index (χ3v) is 2.97. The van der Waals surface area contributed by atoms with Crippen molar-refractivity contribution in [3.63, 3.8) is 0 Å². The minimum atomic E-state index is -0.263. The van der Waals surface area contributed by atoms with E-state index in [1.54, 1.807) is 6.92 Å². The highest BCUT2D eigenvalue weighted by atomic mass is 16.5. The second kappa shape index (κ2) is 10.4. The lowest BCUT2D eigenvalue weighted by molar-refractivity contribution is -0.139. The number of carbonyl (C=O) groups is 1. The van der Waals surface area contributed by atoms with E-state index in [9.17, 15) is 4.79 Å². The highest BCUT2D eigenvalue weighted by molar-refractivity contribution is 5.86. The second-order valence-electron chi connectivity index (χ2n) is 5.01. The number of hydrogen-bond donors (Lipinski definition) is 0. The van der Waals surface area contributed by atoms with Crippen LogP contribution < -0.4 is 0 Å². The maximum Gasteiger partial charge on any atom is 0.333 e. The van der Waals surface area contributed by atoms with Gasteiger partial charge < -0.3 is 4.74 Å². The fraction of sp³-hybridized carbons (Fsp3) is 0.800. The zero-order valence-electron chi connectivity index (χ0n) is 11.8. The second-order valence-corrected chi connectivity index (χ2v) is 5.01. The van der Waals surface area contributed by atoms with Crippen molar-refractivity contribution in [2.45, 2.75) is 65.7 Å². The van der Waals surface area contributed by atoms with Gasteiger partial charge in [-0.1, -0.05) is 52.5 Å². The van der Waals surface area contributed by atoms with Crippen molar-refractivity contribution in [2.75, 3.05) is 6.61 Å². The normalized spacial score (nSPS) is 12.2. The smallest absolute Gasteiger partial charge is 0.333 e. The fourth-order valence-electron chi connectivity index (χ4n) is 1.78. The van der Waals surface area contributed by atoms with E-state index in [-0.39, 0.29) is 5.97 Å². The van der Waals surface area contributed by atoms with Gasteiger partial charge in [0.2, 0.25) is 0 Å². The summed E-state index contributed by atoms with van der Waals surface area (Å²) in [6, 6.07) is 0. The van der Waals surface area contributed by atoms with Crippen molar-refractivity contribution < 1.29 is 9.53 Å². The molecule has 0 amide bonds. The minimum absolute atomic E-state index is 0.263. The molecule has 0 aliphatic rings. The van der Waals surface area contributed by atoms with Crippen molar-refractivity contribution >= 4 is 5.97 Å². The molecule has 0 aromatic heterocycles. The van der Waals surface area contributed by atoms with E-state index in [1.807, 2.05) is 0 Å². The molecule has 2 heteroatoms. The third kappa shape index (κ3) is 10.1. The first-order valence-corrected chi connectivity index (χ1v) is 6.90. The number of hydrogen-bond acceptors (Lipinski definition) is 2. The van der Waals surface area contributed by atoms with E-state index >= 15 is 0 Å². The van der Waals surface area contributed by atoms with Gasteiger partial charge in [-0.15, -0.1) is 0 Å². The van der Waals surface area contributed by atoms with Crippen LogP contribution in [-0.4, -0.2) is 12.6 Å². The summed E-state index contributed by atoms with van der Waals surface area (Å²) in [4.78, 5) is 11.1. The molecule has 0 spiro atoms. The summed E-state index contributed by atoms with van der Waals surface area (Å²) in [6.07, 6.45) is 8.75. The zero-order chi connectivity index (χ0) is 13.1. The Morgan fingerprint density at radius 3 is 2.41 bits per heavy atom. The summed E-state index contributed by atoms with van der Waals surface area (Å²) in [7, 11) is 0. The largest absolute Gasteiger partial charge is 0.462 e. The zero-order valence-corrected chi connectivity index (χ0v) is 11.8. The number of unbranched alkanes of at least 4 members (excludes halogenated alkanes) is 3. The average Bonchev–Trinajstić information content (AvgIpc) is 2.29. The first-order valence-electron chi connectivity index (χ1n) is 6.90. The van der Waals surface area contributed by atoms with Crippen LogP contribution in [0.25, 0.3) is 0 Å². The van der Waals surface area contributed by atoms with E-state index in [4.69, 9.17) is 4.74 Å². The molecular formula is C15H28O2. The number of esters is 1. The molecule has 0 aliphatic carbocycles. The molecule has 0 radical (unpaired) electrons. The molecule has 17 heavy (non-hydrogen) atoms. The number of ether oxygens (including phenoxy) is 1. The van der Waals surface area contributed by atoms with Crippen LogP contribution in [0.4, 0.5) is 0 Å². The van der Waals surface area contributed by atoms with Crippen LogP contribution >= 0.6 is 0 Å². The lowest BCUT2D eigenvalue weighted by Crippen LogP contribution is -2.07. The molecule has 0 bridgehead atoms. The molecule has 1 unspecified atom stereocenters. The van der Waals surface area contributed by atoms with Crippen LogP contribution in [-0.2, 0) is 9.53 Å². The molecule has 0 aliphatic heterocycles. The molecular weight excluding hydrogens is 212 g/mol. The Balaban J connectivity index is 3.35. The van der Waals surface area contributed by atoms with E-state index in [0.29, 0.717) is 12.2 Å². The Kier molecular flexibility index (Phi) is 9.89. The first-order chi connectivity index (χ1) is 8.07. The molecule has 0 fully saturated rings. The van der Waals surface area contributed by atoms with Gasteiger partial charge in [0.1, 0.15) is 0 Å². The molecule has 0 N–H and O–H groups in total. The van der Waals surface area contributed by atoms with Crippen LogP contribution in [0.2, 0.25) is 0 Å². The van der Waals surface area contributed by atoms with E-state index in [1.165, 1.54) is 32.1 Å². The van der Waals surface area contributed by atoms with E-state index in [2.05, 4.69) is 20.4 Å². The first kappa shape index (κ1) is 16.2. The van der Waals surface area contributed by atoms with Gasteiger partial charge in [-0.05, 0) is 25.7 Å². The Labute approximate surface area is 106 Å². The SMILES string of the molecule is C=C(C)C(=O)OCCCC(C)CCCCCC. The Bertz CT molecular complexity index is 221. The van der Waals surface area contributed by atoms with Crippen LogP contribution in [0.3, 0.4) is 0 Å². The summed E-state index contributed by atoms with van der Waals surface area (Å²) in [5.74, 6) is 0.482. The van der Waals surface area contributed by atoms with Crippen LogP contribution in [0.5, 0.6) is 0 Å². The molecule has 0 aromatic rings. The third-order valence-electron chi connectivity index (χ3n) is 2.97. The number of carbonyl (C=O) groups excluding carboxylic acids is 1. The molecule has 0 heterocycles. The summed E-state index contributed by atoms with van der Waals surface area (Å²) < 4.78 is 5.06. The molecule has 0 saturated heterocycles. The average molecular weight is 240 g/mol. The molecule has 0 rings (SSSR count). The topological polar surface area (TPSA) is 26.3 Å². The van der Waals surface area contributed by atoms with Crippen molar-refractivity contribution in [1.29, 1.82) is 0 Å². The molecule has 1 atom stereocenters. The summed E-state index contributed by atoms with van der Waals surface area (Å²) in [6.45, 7) is 10.3.